The van der Waals surface area contributed by atoms with Gasteiger partial charge in [0, 0.05) is 22.3 Å². The minimum absolute atomic E-state index is 0.340. The van der Waals surface area contributed by atoms with Crippen LogP contribution in [0.1, 0.15) is 11.1 Å². The Morgan fingerprint density at radius 2 is 2.00 bits per heavy atom. The number of hydrogen-bond donors (Lipinski definition) is 1. The molecule has 0 radical (unpaired) electrons. The summed E-state index contributed by atoms with van der Waals surface area (Å²) < 4.78 is 10.6. The molecule has 5 nitrogen and oxygen atoms in total. The van der Waals surface area contributed by atoms with Crippen molar-refractivity contribution in [3.05, 3.63) is 76.3 Å². The van der Waals surface area contributed by atoms with Crippen molar-refractivity contribution in [3.8, 4) is 5.75 Å². The lowest BCUT2D eigenvalue weighted by Crippen LogP contribution is -2.20. The van der Waals surface area contributed by atoms with Crippen molar-refractivity contribution in [3.63, 3.8) is 0 Å². The number of hydrogen-bond acceptors (Lipinski definition) is 4. The van der Waals surface area contributed by atoms with Crippen LogP contribution in [-0.2, 0) is 14.3 Å². The first-order valence-electron chi connectivity index (χ1n) is 8.34. The van der Waals surface area contributed by atoms with E-state index in [0.29, 0.717) is 17.3 Å². The molecule has 0 saturated carbocycles. The zero-order valence-electron chi connectivity index (χ0n) is 14.7. The molecule has 138 valence electrons. The Balaban J connectivity index is 1.50. The molecular formula is C21H18ClNO4. The lowest BCUT2D eigenvalue weighted by molar-refractivity contribution is -0.142. The van der Waals surface area contributed by atoms with E-state index in [2.05, 4.69) is 5.32 Å². The average Bonchev–Trinajstić information content (AvgIpc) is 2.66. The normalized spacial score (nSPS) is 12.7. The van der Waals surface area contributed by atoms with Crippen molar-refractivity contribution in [1.82, 2.24) is 0 Å². The van der Waals surface area contributed by atoms with Crippen LogP contribution in [0.5, 0.6) is 5.75 Å². The van der Waals surface area contributed by atoms with E-state index in [1.807, 2.05) is 25.1 Å². The van der Waals surface area contributed by atoms with Gasteiger partial charge in [-0.3, -0.25) is 4.79 Å². The molecule has 0 bridgehead atoms. The van der Waals surface area contributed by atoms with Gasteiger partial charge in [-0.2, -0.15) is 0 Å². The maximum absolute atomic E-state index is 11.8. The van der Waals surface area contributed by atoms with Gasteiger partial charge in [-0.1, -0.05) is 29.3 Å². The van der Waals surface area contributed by atoms with Crippen LogP contribution in [0.2, 0.25) is 5.02 Å². The molecule has 0 aromatic heterocycles. The number of amides is 1. The Bertz CT molecular complexity index is 916. The van der Waals surface area contributed by atoms with E-state index >= 15 is 0 Å². The first-order chi connectivity index (χ1) is 13.0. The monoisotopic (exact) mass is 383 g/mol. The number of rotatable bonds is 5. The zero-order valence-corrected chi connectivity index (χ0v) is 15.5. The fourth-order valence-electron chi connectivity index (χ4n) is 2.46. The van der Waals surface area contributed by atoms with E-state index in [1.54, 1.807) is 36.4 Å². The minimum atomic E-state index is -0.605. The third-order valence-electron chi connectivity index (χ3n) is 3.82. The maximum Gasteiger partial charge on any atom is 0.331 e. The van der Waals surface area contributed by atoms with Gasteiger partial charge in [-0.05, 0) is 55.0 Å². The van der Waals surface area contributed by atoms with Gasteiger partial charge in [0.1, 0.15) is 12.4 Å². The van der Waals surface area contributed by atoms with Crippen LogP contribution in [0.15, 0.2) is 60.2 Å². The number of carbonyl (C=O) groups is 2. The van der Waals surface area contributed by atoms with Gasteiger partial charge in [-0.15, -0.1) is 0 Å². The summed E-state index contributed by atoms with van der Waals surface area (Å²) in [7, 11) is 0. The highest BCUT2D eigenvalue weighted by atomic mass is 35.5. The Morgan fingerprint density at radius 3 is 2.78 bits per heavy atom. The number of fused-ring (bicyclic) bond motifs is 1. The molecule has 1 heterocycles. The molecule has 2 aromatic rings. The van der Waals surface area contributed by atoms with Crippen LogP contribution in [0.3, 0.4) is 0 Å². The van der Waals surface area contributed by atoms with E-state index in [9.17, 15) is 9.59 Å². The number of halogens is 1. The molecule has 1 amide bonds. The van der Waals surface area contributed by atoms with Gasteiger partial charge < -0.3 is 14.8 Å². The molecule has 6 heteroatoms. The van der Waals surface area contributed by atoms with E-state index in [4.69, 9.17) is 21.1 Å². The van der Waals surface area contributed by atoms with Gasteiger partial charge in [0.25, 0.3) is 5.91 Å². The second-order valence-electron chi connectivity index (χ2n) is 6.05. The summed E-state index contributed by atoms with van der Waals surface area (Å²) in [6, 6.07) is 12.7. The zero-order chi connectivity index (χ0) is 19.2. The predicted octanol–water partition coefficient (Wildman–Crippen LogP) is 4.16. The van der Waals surface area contributed by atoms with Crippen molar-refractivity contribution < 1.29 is 19.1 Å². The van der Waals surface area contributed by atoms with Gasteiger partial charge >= 0.3 is 5.97 Å². The second-order valence-corrected chi connectivity index (χ2v) is 6.48. The number of carbonyl (C=O) groups excluding carboxylic acids is 2. The average molecular weight is 384 g/mol. The molecule has 0 aliphatic carbocycles. The summed E-state index contributed by atoms with van der Waals surface area (Å²) in [5, 5.41) is 3.27. The number of aryl methyl sites for hydroxylation is 1. The van der Waals surface area contributed by atoms with Gasteiger partial charge in [0.15, 0.2) is 6.61 Å². The molecule has 0 atom stereocenters. The number of ether oxygens (including phenoxy) is 2. The SMILES string of the molecule is Cc1ccc(NC(=O)COC(=O)/C=C/C2=Cc3cc(Cl)ccc3OC2)cc1. The molecule has 1 aliphatic rings. The Hall–Kier alpha value is -3.05. The van der Waals surface area contributed by atoms with Gasteiger partial charge in [0.2, 0.25) is 0 Å². The largest absolute Gasteiger partial charge is 0.488 e. The predicted molar refractivity (Wildman–Crippen MR) is 105 cm³/mol. The van der Waals surface area contributed by atoms with E-state index in [-0.39, 0.29) is 6.61 Å². The maximum atomic E-state index is 11.8. The van der Waals surface area contributed by atoms with Gasteiger partial charge in [0.05, 0.1) is 0 Å². The molecule has 0 unspecified atom stereocenters. The molecular weight excluding hydrogens is 366 g/mol. The highest BCUT2D eigenvalue weighted by molar-refractivity contribution is 6.30. The number of esters is 1. The first kappa shape index (κ1) is 18.7. The highest BCUT2D eigenvalue weighted by Crippen LogP contribution is 2.29. The number of benzene rings is 2. The molecule has 27 heavy (non-hydrogen) atoms. The van der Waals surface area contributed by atoms with Crippen molar-refractivity contribution in [2.75, 3.05) is 18.5 Å². The van der Waals surface area contributed by atoms with E-state index < -0.39 is 11.9 Å². The summed E-state index contributed by atoms with van der Waals surface area (Å²) in [4.78, 5) is 23.6. The van der Waals surface area contributed by atoms with Crippen LogP contribution in [-0.4, -0.2) is 25.1 Å². The molecule has 0 fully saturated rings. The first-order valence-corrected chi connectivity index (χ1v) is 8.72. The summed E-state index contributed by atoms with van der Waals surface area (Å²) in [6.07, 6.45) is 4.76. The molecule has 1 N–H and O–H groups in total. The Morgan fingerprint density at radius 1 is 1.22 bits per heavy atom. The molecule has 3 rings (SSSR count). The standard InChI is InChI=1S/C21H18ClNO4/c1-14-2-6-18(7-3-14)23-20(24)13-27-21(25)9-4-15-10-16-11-17(22)5-8-19(16)26-12-15/h2-11H,12-13H2,1H3,(H,23,24)/b9-4+. The van der Waals surface area contributed by atoms with Crippen LogP contribution < -0.4 is 10.1 Å². The Labute approximate surface area is 162 Å². The lowest BCUT2D eigenvalue weighted by Gasteiger charge is -2.16. The second kappa shape index (κ2) is 8.56. The minimum Gasteiger partial charge on any atom is -0.488 e. The van der Waals surface area contributed by atoms with Crippen LogP contribution in [0, 0.1) is 6.92 Å². The smallest absolute Gasteiger partial charge is 0.331 e. The topological polar surface area (TPSA) is 64.6 Å². The summed E-state index contributed by atoms with van der Waals surface area (Å²) in [6.45, 7) is 1.94. The van der Waals surface area contributed by atoms with Gasteiger partial charge in [-0.25, -0.2) is 4.79 Å². The molecule has 0 spiro atoms. The molecule has 0 saturated heterocycles. The van der Waals surface area contributed by atoms with Crippen molar-refractivity contribution in [2.24, 2.45) is 0 Å². The van der Waals surface area contributed by atoms with Crippen molar-refractivity contribution in [1.29, 1.82) is 0 Å². The Kier molecular flexibility index (Phi) is 5.94. The van der Waals surface area contributed by atoms with Crippen LogP contribution >= 0.6 is 11.6 Å². The van der Waals surface area contributed by atoms with Crippen molar-refractivity contribution >= 4 is 35.2 Å². The van der Waals surface area contributed by atoms with Crippen molar-refractivity contribution in [2.45, 2.75) is 6.92 Å². The van der Waals surface area contributed by atoms with E-state index in [0.717, 1.165) is 22.4 Å². The van der Waals surface area contributed by atoms with Crippen LogP contribution in [0.25, 0.3) is 6.08 Å². The number of anilines is 1. The third kappa shape index (κ3) is 5.46. The van der Waals surface area contributed by atoms with Crippen LogP contribution in [0.4, 0.5) is 5.69 Å². The summed E-state index contributed by atoms with van der Waals surface area (Å²) >= 11 is 5.97. The summed E-state index contributed by atoms with van der Waals surface area (Å²) in [5.41, 5.74) is 3.39. The molecule has 1 aliphatic heterocycles. The highest BCUT2D eigenvalue weighted by Gasteiger charge is 2.11. The number of nitrogens with one attached hydrogen (secondary N) is 1. The molecule has 2 aromatic carbocycles. The quantitative estimate of drug-likeness (QED) is 0.622. The fraction of sp³-hybridized carbons (Fsp3) is 0.143. The summed E-state index contributed by atoms with van der Waals surface area (Å²) in [5.74, 6) is -0.261. The lowest BCUT2D eigenvalue weighted by atomic mass is 10.1. The third-order valence-corrected chi connectivity index (χ3v) is 4.06. The van der Waals surface area contributed by atoms with E-state index in [1.165, 1.54) is 6.08 Å². The fourth-order valence-corrected chi connectivity index (χ4v) is 2.64.